The molecule has 0 aromatic carbocycles. The lowest BCUT2D eigenvalue weighted by molar-refractivity contribution is 0.122. The third-order valence-corrected chi connectivity index (χ3v) is 4.48. The number of hydrogen-bond donors (Lipinski definition) is 2. The third-order valence-electron chi connectivity index (χ3n) is 3.74. The summed E-state index contributed by atoms with van der Waals surface area (Å²) in [5, 5.41) is 4.28. The van der Waals surface area contributed by atoms with E-state index in [9.17, 15) is 0 Å². The van der Waals surface area contributed by atoms with Gasteiger partial charge in [0.2, 0.25) is 5.95 Å². The van der Waals surface area contributed by atoms with E-state index in [4.69, 9.17) is 10.5 Å². The van der Waals surface area contributed by atoms with Crippen LogP contribution >= 0.6 is 11.8 Å². The zero-order valence-corrected chi connectivity index (χ0v) is 14.1. The van der Waals surface area contributed by atoms with Crippen LogP contribution in [-0.2, 0) is 18.3 Å². The first-order valence-corrected chi connectivity index (χ1v) is 8.65. The zero-order valence-electron chi connectivity index (χ0n) is 13.3. The molecule has 3 N–H and O–H groups in total. The molecule has 0 aliphatic carbocycles. The highest BCUT2D eigenvalue weighted by Gasteiger charge is 2.14. The Labute approximate surface area is 139 Å². The normalized spacial score (nSPS) is 15.0. The van der Waals surface area contributed by atoms with Gasteiger partial charge in [0.1, 0.15) is 11.6 Å². The number of thioether (sulfide) groups is 1. The Balaban J connectivity index is 1.72. The minimum Gasteiger partial charge on any atom is -0.378 e. The van der Waals surface area contributed by atoms with Crippen LogP contribution in [0.3, 0.4) is 0 Å². The molecule has 0 radical (unpaired) electrons. The van der Waals surface area contributed by atoms with Gasteiger partial charge in [0.15, 0.2) is 5.16 Å². The van der Waals surface area contributed by atoms with E-state index in [1.807, 2.05) is 25.6 Å². The summed E-state index contributed by atoms with van der Waals surface area (Å²) in [5.74, 6) is 1.82. The van der Waals surface area contributed by atoms with E-state index in [2.05, 4.69) is 29.7 Å². The van der Waals surface area contributed by atoms with Crippen LogP contribution in [0.1, 0.15) is 5.69 Å². The predicted octanol–water partition coefficient (Wildman–Crippen LogP) is 0.963. The van der Waals surface area contributed by atoms with Crippen molar-refractivity contribution in [2.24, 2.45) is 7.05 Å². The number of nitrogens with two attached hydrogens (primary N) is 1. The van der Waals surface area contributed by atoms with Crippen molar-refractivity contribution in [1.82, 2.24) is 19.5 Å². The average molecular weight is 335 g/mol. The standard InChI is InChI=1S/C14H21N7OS/c1-20-10(9-17-14(20)23-2)8-16-11-7-12(19-13(15)18-11)21-3-5-22-6-4-21/h7,9H,3-6,8H2,1-2H3,(H3,15,16,18,19). The van der Waals surface area contributed by atoms with E-state index in [-0.39, 0.29) is 5.95 Å². The Kier molecular flexibility index (Phi) is 4.87. The van der Waals surface area contributed by atoms with Crippen LogP contribution in [-0.4, -0.2) is 52.1 Å². The second kappa shape index (κ2) is 7.05. The van der Waals surface area contributed by atoms with Crippen molar-refractivity contribution in [3.8, 4) is 0 Å². The average Bonchev–Trinajstić information content (AvgIpc) is 2.93. The van der Waals surface area contributed by atoms with Gasteiger partial charge in [0, 0.05) is 26.2 Å². The number of aromatic nitrogens is 4. The van der Waals surface area contributed by atoms with E-state index in [1.54, 1.807) is 11.8 Å². The summed E-state index contributed by atoms with van der Waals surface area (Å²) < 4.78 is 7.43. The highest BCUT2D eigenvalue weighted by molar-refractivity contribution is 7.98. The van der Waals surface area contributed by atoms with Crippen molar-refractivity contribution >= 4 is 29.3 Å². The Hall–Kier alpha value is -2.00. The van der Waals surface area contributed by atoms with Crippen LogP contribution in [0, 0.1) is 0 Å². The molecule has 0 spiro atoms. The number of hydrogen-bond acceptors (Lipinski definition) is 8. The SMILES string of the molecule is CSc1ncc(CNc2cc(N3CCOCC3)nc(N)n2)n1C. The first kappa shape index (κ1) is 15.9. The zero-order chi connectivity index (χ0) is 16.2. The lowest BCUT2D eigenvalue weighted by atomic mass is 10.4. The molecular weight excluding hydrogens is 314 g/mol. The highest BCUT2D eigenvalue weighted by atomic mass is 32.2. The molecule has 124 valence electrons. The maximum Gasteiger partial charge on any atom is 0.223 e. The molecule has 0 atom stereocenters. The molecule has 3 heterocycles. The Morgan fingerprint density at radius 2 is 2.13 bits per heavy atom. The molecule has 0 amide bonds. The van der Waals surface area contributed by atoms with Crippen molar-refractivity contribution in [2.45, 2.75) is 11.7 Å². The summed E-state index contributed by atoms with van der Waals surface area (Å²) in [6.07, 6.45) is 3.88. The van der Waals surface area contributed by atoms with Crippen LogP contribution in [0.5, 0.6) is 0 Å². The van der Waals surface area contributed by atoms with Gasteiger partial charge in [0.05, 0.1) is 31.6 Å². The molecule has 2 aromatic heterocycles. The molecule has 1 aliphatic rings. The van der Waals surface area contributed by atoms with E-state index >= 15 is 0 Å². The molecule has 0 bridgehead atoms. The van der Waals surface area contributed by atoms with E-state index in [0.29, 0.717) is 25.6 Å². The highest BCUT2D eigenvalue weighted by Crippen LogP contribution is 2.19. The number of ether oxygens (including phenoxy) is 1. The molecule has 0 saturated carbocycles. The van der Waals surface area contributed by atoms with Crippen molar-refractivity contribution in [3.63, 3.8) is 0 Å². The molecule has 1 aliphatic heterocycles. The molecule has 8 nitrogen and oxygen atoms in total. The quantitative estimate of drug-likeness (QED) is 0.781. The first-order valence-electron chi connectivity index (χ1n) is 7.43. The van der Waals surface area contributed by atoms with Crippen LogP contribution < -0.4 is 16.0 Å². The molecular formula is C14H21N7OS. The van der Waals surface area contributed by atoms with Gasteiger partial charge in [-0.15, -0.1) is 0 Å². The maximum absolute atomic E-state index is 5.85. The van der Waals surface area contributed by atoms with Gasteiger partial charge in [0.25, 0.3) is 0 Å². The number of nitrogens with one attached hydrogen (secondary N) is 1. The molecule has 0 unspecified atom stereocenters. The summed E-state index contributed by atoms with van der Waals surface area (Å²) in [4.78, 5) is 15.1. The van der Waals surface area contributed by atoms with Gasteiger partial charge >= 0.3 is 0 Å². The van der Waals surface area contributed by atoms with E-state index in [1.165, 1.54) is 0 Å². The fraction of sp³-hybridized carbons (Fsp3) is 0.500. The van der Waals surface area contributed by atoms with E-state index < -0.39 is 0 Å². The number of morpholine rings is 1. The van der Waals surface area contributed by atoms with Gasteiger partial charge in [-0.2, -0.15) is 9.97 Å². The smallest absolute Gasteiger partial charge is 0.223 e. The fourth-order valence-electron chi connectivity index (χ4n) is 2.46. The van der Waals surface area contributed by atoms with Crippen molar-refractivity contribution in [2.75, 3.05) is 48.5 Å². The lowest BCUT2D eigenvalue weighted by Gasteiger charge is -2.28. The second-order valence-corrected chi connectivity index (χ2v) is 5.99. The second-order valence-electron chi connectivity index (χ2n) is 5.22. The topological polar surface area (TPSA) is 94.1 Å². The van der Waals surface area contributed by atoms with Crippen molar-refractivity contribution < 1.29 is 4.74 Å². The minimum atomic E-state index is 0.270. The molecule has 2 aromatic rings. The minimum absolute atomic E-state index is 0.270. The van der Waals surface area contributed by atoms with Gasteiger partial charge in [-0.05, 0) is 6.26 Å². The van der Waals surface area contributed by atoms with E-state index in [0.717, 1.165) is 29.8 Å². The summed E-state index contributed by atoms with van der Waals surface area (Å²) in [5.41, 5.74) is 6.93. The molecule has 1 saturated heterocycles. The van der Waals surface area contributed by atoms with Gasteiger partial charge < -0.3 is 25.3 Å². The number of nitrogen functional groups attached to an aromatic ring is 1. The molecule has 9 heteroatoms. The lowest BCUT2D eigenvalue weighted by Crippen LogP contribution is -2.37. The number of imidazole rings is 1. The Morgan fingerprint density at radius 1 is 1.35 bits per heavy atom. The van der Waals surface area contributed by atoms with Crippen LogP contribution in [0.2, 0.25) is 0 Å². The number of rotatable bonds is 5. The van der Waals surface area contributed by atoms with Gasteiger partial charge in [-0.1, -0.05) is 11.8 Å². The van der Waals surface area contributed by atoms with Gasteiger partial charge in [-0.3, -0.25) is 0 Å². The third kappa shape index (κ3) is 3.67. The number of anilines is 3. The molecule has 1 fully saturated rings. The summed E-state index contributed by atoms with van der Waals surface area (Å²) >= 11 is 1.62. The van der Waals surface area contributed by atoms with Gasteiger partial charge in [-0.25, -0.2) is 4.98 Å². The Bertz CT molecular complexity index is 669. The number of nitrogens with zero attached hydrogens (tertiary/aromatic N) is 5. The Morgan fingerprint density at radius 3 is 2.83 bits per heavy atom. The van der Waals surface area contributed by atoms with Crippen LogP contribution in [0.4, 0.5) is 17.6 Å². The maximum atomic E-state index is 5.85. The first-order chi connectivity index (χ1) is 11.2. The van der Waals surface area contributed by atoms with Crippen LogP contribution in [0.25, 0.3) is 0 Å². The largest absolute Gasteiger partial charge is 0.378 e. The fourth-order valence-corrected chi connectivity index (χ4v) is 3.01. The summed E-state index contributed by atoms with van der Waals surface area (Å²) in [6, 6.07) is 1.92. The van der Waals surface area contributed by atoms with Crippen LogP contribution in [0.15, 0.2) is 17.4 Å². The van der Waals surface area contributed by atoms with Crippen molar-refractivity contribution in [3.05, 3.63) is 18.0 Å². The van der Waals surface area contributed by atoms with Crippen molar-refractivity contribution in [1.29, 1.82) is 0 Å². The predicted molar refractivity (Wildman–Crippen MR) is 91.8 cm³/mol. The monoisotopic (exact) mass is 335 g/mol. The summed E-state index contributed by atoms with van der Waals surface area (Å²) in [7, 11) is 2.00. The molecule has 3 rings (SSSR count). The summed E-state index contributed by atoms with van der Waals surface area (Å²) in [6.45, 7) is 3.67. The molecule has 23 heavy (non-hydrogen) atoms.